The van der Waals surface area contributed by atoms with Gasteiger partial charge in [0.05, 0.1) is 15.7 Å². The summed E-state index contributed by atoms with van der Waals surface area (Å²) in [6, 6.07) is 13.4. The van der Waals surface area contributed by atoms with E-state index in [0.717, 1.165) is 10.0 Å². The number of halogens is 3. The first-order valence-electron chi connectivity index (χ1n) is 5.96. The number of aromatic nitrogens is 3. The van der Waals surface area contributed by atoms with Crippen molar-refractivity contribution in [2.45, 2.75) is 0 Å². The second-order valence-electron chi connectivity index (χ2n) is 4.25. The zero-order valence-electron chi connectivity index (χ0n) is 10.5. The van der Waals surface area contributed by atoms with Crippen LogP contribution in [0.25, 0.3) is 17.1 Å². The Bertz CT molecular complexity index is 858. The molecule has 3 rings (SSSR count). The maximum absolute atomic E-state index is 6.35. The smallest absolute Gasteiger partial charge is 0.200 e. The molecule has 3 aromatic rings. The summed E-state index contributed by atoms with van der Waals surface area (Å²) in [5, 5.41) is 7.94. The van der Waals surface area contributed by atoms with Gasteiger partial charge in [0.25, 0.3) is 0 Å². The number of aromatic amines is 1. The molecule has 7 heteroatoms. The summed E-state index contributed by atoms with van der Waals surface area (Å²) >= 11 is 21.2. The monoisotopic (exact) mass is 399 g/mol. The molecule has 0 spiro atoms. The quantitative estimate of drug-likeness (QED) is 0.444. The summed E-state index contributed by atoms with van der Waals surface area (Å²) in [5.74, 6) is 0.681. The predicted octanol–water partition coefficient (Wildman–Crippen LogP) is 5.67. The third-order valence-electron chi connectivity index (χ3n) is 2.96. The Balaban J connectivity index is 2.28. The van der Waals surface area contributed by atoms with Gasteiger partial charge in [-0.15, -0.1) is 0 Å². The third-order valence-corrected chi connectivity index (χ3v) is 4.99. The zero-order valence-corrected chi connectivity index (χ0v) is 14.4. The molecule has 0 aliphatic carbocycles. The van der Waals surface area contributed by atoms with Crippen LogP contribution in [0.1, 0.15) is 0 Å². The number of hydrogen-bond acceptors (Lipinski definition) is 2. The lowest BCUT2D eigenvalue weighted by molar-refractivity contribution is 1.04. The number of H-pyrrole nitrogens is 1. The lowest BCUT2D eigenvalue weighted by Gasteiger charge is -2.10. The van der Waals surface area contributed by atoms with Crippen molar-refractivity contribution in [1.29, 1.82) is 0 Å². The van der Waals surface area contributed by atoms with Gasteiger partial charge in [0.1, 0.15) is 0 Å². The van der Waals surface area contributed by atoms with E-state index in [1.54, 1.807) is 4.57 Å². The highest BCUT2D eigenvalue weighted by Crippen LogP contribution is 2.36. The molecule has 0 radical (unpaired) electrons. The van der Waals surface area contributed by atoms with Crippen molar-refractivity contribution in [3.05, 3.63) is 61.8 Å². The van der Waals surface area contributed by atoms with Crippen LogP contribution in [-0.4, -0.2) is 14.8 Å². The Morgan fingerprint density at radius 2 is 1.76 bits per heavy atom. The molecular formula is C14H8BrCl2N3S. The van der Waals surface area contributed by atoms with Gasteiger partial charge >= 0.3 is 0 Å². The number of benzene rings is 2. The predicted molar refractivity (Wildman–Crippen MR) is 91.9 cm³/mol. The molecule has 1 heterocycles. The Kier molecular flexibility index (Phi) is 4.17. The third kappa shape index (κ3) is 2.66. The van der Waals surface area contributed by atoms with Crippen LogP contribution in [0.2, 0.25) is 10.0 Å². The van der Waals surface area contributed by atoms with Crippen LogP contribution < -0.4 is 0 Å². The fraction of sp³-hybridized carbons (Fsp3) is 0. The molecule has 0 bridgehead atoms. The van der Waals surface area contributed by atoms with Crippen LogP contribution in [0.4, 0.5) is 0 Å². The SMILES string of the molecule is S=c1[nH]nc(-c2ccccc2)n1-c1ccc(Br)c(Cl)c1Cl. The van der Waals surface area contributed by atoms with Gasteiger partial charge in [0.15, 0.2) is 10.6 Å². The molecule has 0 atom stereocenters. The molecule has 0 saturated carbocycles. The molecule has 0 saturated heterocycles. The van der Waals surface area contributed by atoms with Gasteiger partial charge in [0.2, 0.25) is 0 Å². The molecule has 0 aliphatic rings. The van der Waals surface area contributed by atoms with Crippen molar-refractivity contribution in [2.24, 2.45) is 0 Å². The van der Waals surface area contributed by atoms with Gasteiger partial charge in [-0.05, 0) is 40.3 Å². The average molecular weight is 401 g/mol. The second kappa shape index (κ2) is 5.93. The molecule has 0 aliphatic heterocycles. The number of rotatable bonds is 2. The molecule has 21 heavy (non-hydrogen) atoms. The number of hydrogen-bond donors (Lipinski definition) is 1. The van der Waals surface area contributed by atoms with Crippen LogP contribution in [-0.2, 0) is 0 Å². The highest BCUT2D eigenvalue weighted by Gasteiger charge is 2.16. The topological polar surface area (TPSA) is 33.6 Å². The van der Waals surface area contributed by atoms with E-state index in [0.29, 0.717) is 26.3 Å². The van der Waals surface area contributed by atoms with Gasteiger partial charge < -0.3 is 0 Å². The second-order valence-corrected chi connectivity index (χ2v) is 6.25. The summed E-state index contributed by atoms with van der Waals surface area (Å²) in [4.78, 5) is 0. The van der Waals surface area contributed by atoms with Crippen molar-refractivity contribution in [1.82, 2.24) is 14.8 Å². The number of nitrogens with zero attached hydrogens (tertiary/aromatic N) is 2. The minimum Gasteiger partial charge on any atom is -0.267 e. The maximum Gasteiger partial charge on any atom is 0.200 e. The van der Waals surface area contributed by atoms with E-state index in [-0.39, 0.29) is 0 Å². The van der Waals surface area contributed by atoms with E-state index < -0.39 is 0 Å². The largest absolute Gasteiger partial charge is 0.267 e. The molecule has 0 fully saturated rings. The van der Waals surface area contributed by atoms with E-state index in [2.05, 4.69) is 26.1 Å². The van der Waals surface area contributed by atoms with Crippen molar-refractivity contribution >= 4 is 51.3 Å². The molecule has 2 aromatic carbocycles. The highest BCUT2D eigenvalue weighted by molar-refractivity contribution is 9.10. The fourth-order valence-electron chi connectivity index (χ4n) is 1.99. The molecule has 0 amide bonds. The lowest BCUT2D eigenvalue weighted by Crippen LogP contribution is -1.99. The van der Waals surface area contributed by atoms with Gasteiger partial charge in [-0.2, -0.15) is 5.10 Å². The Morgan fingerprint density at radius 1 is 1.05 bits per heavy atom. The highest BCUT2D eigenvalue weighted by atomic mass is 79.9. The van der Waals surface area contributed by atoms with Crippen LogP contribution >= 0.6 is 51.3 Å². The van der Waals surface area contributed by atoms with E-state index >= 15 is 0 Å². The number of nitrogens with one attached hydrogen (secondary N) is 1. The van der Waals surface area contributed by atoms with Crippen molar-refractivity contribution in [3.63, 3.8) is 0 Å². The summed E-state index contributed by atoms with van der Waals surface area (Å²) < 4.78 is 2.95. The first-order chi connectivity index (χ1) is 10.1. The minimum absolute atomic E-state index is 0.417. The van der Waals surface area contributed by atoms with E-state index in [1.165, 1.54) is 0 Å². The minimum atomic E-state index is 0.417. The van der Waals surface area contributed by atoms with E-state index in [4.69, 9.17) is 35.4 Å². The average Bonchev–Trinajstić information content (AvgIpc) is 2.88. The van der Waals surface area contributed by atoms with Crippen molar-refractivity contribution in [2.75, 3.05) is 0 Å². The molecule has 3 nitrogen and oxygen atoms in total. The normalized spacial score (nSPS) is 10.8. The summed E-state index contributed by atoms with van der Waals surface area (Å²) in [5.41, 5.74) is 1.61. The van der Waals surface area contributed by atoms with Crippen LogP contribution in [0.15, 0.2) is 46.9 Å². The molecular weight excluding hydrogens is 393 g/mol. The lowest BCUT2D eigenvalue weighted by atomic mass is 10.2. The molecule has 106 valence electrons. The zero-order chi connectivity index (χ0) is 15.0. The Labute approximate surface area is 144 Å². The van der Waals surface area contributed by atoms with Crippen molar-refractivity contribution in [3.8, 4) is 17.1 Å². The Morgan fingerprint density at radius 3 is 2.48 bits per heavy atom. The summed E-state index contributed by atoms with van der Waals surface area (Å²) in [6.07, 6.45) is 0. The van der Waals surface area contributed by atoms with Crippen molar-refractivity contribution < 1.29 is 0 Å². The van der Waals surface area contributed by atoms with E-state index in [1.807, 2.05) is 42.5 Å². The summed E-state index contributed by atoms with van der Waals surface area (Å²) in [7, 11) is 0. The Hall–Kier alpha value is -1.14. The molecule has 1 aromatic heterocycles. The molecule has 0 unspecified atom stereocenters. The first-order valence-corrected chi connectivity index (χ1v) is 7.92. The fourth-order valence-corrected chi connectivity index (χ4v) is 3.07. The first kappa shape index (κ1) is 14.8. The molecule has 1 N–H and O–H groups in total. The standard InChI is InChI=1S/C14H8BrCl2N3S/c15-9-6-7-10(12(17)11(9)16)20-13(18-19-14(20)21)8-4-2-1-3-5-8/h1-7H,(H,19,21). The summed E-state index contributed by atoms with van der Waals surface area (Å²) in [6.45, 7) is 0. The van der Waals surface area contributed by atoms with Gasteiger partial charge in [-0.25, -0.2) is 0 Å². The maximum atomic E-state index is 6.35. The van der Waals surface area contributed by atoms with Crippen LogP contribution in [0.3, 0.4) is 0 Å². The van der Waals surface area contributed by atoms with Gasteiger partial charge in [-0.3, -0.25) is 9.67 Å². The van der Waals surface area contributed by atoms with E-state index in [9.17, 15) is 0 Å². The van der Waals surface area contributed by atoms with Gasteiger partial charge in [-0.1, -0.05) is 53.5 Å². The van der Waals surface area contributed by atoms with Crippen LogP contribution in [0.5, 0.6) is 0 Å². The van der Waals surface area contributed by atoms with Gasteiger partial charge in [0, 0.05) is 10.0 Å². The van der Waals surface area contributed by atoms with Crippen LogP contribution in [0, 0.1) is 4.77 Å².